The Labute approximate surface area is 296 Å². The second-order valence-corrected chi connectivity index (χ2v) is 13.9. The van der Waals surface area contributed by atoms with Crippen molar-refractivity contribution < 1.29 is 0 Å². The molecule has 0 saturated carbocycles. The van der Waals surface area contributed by atoms with Gasteiger partial charge in [-0.1, -0.05) is 97.1 Å². The van der Waals surface area contributed by atoms with Gasteiger partial charge in [0, 0.05) is 64.2 Å². The van der Waals surface area contributed by atoms with Gasteiger partial charge in [0.1, 0.15) is 6.33 Å². The van der Waals surface area contributed by atoms with Crippen molar-refractivity contribution in [3.8, 4) is 34.2 Å². The monoisotopic (exact) mass is 669 g/mol. The summed E-state index contributed by atoms with van der Waals surface area (Å²) in [7, 11) is 0. The summed E-state index contributed by atoms with van der Waals surface area (Å²) < 4.78 is 7.18. The molecule has 5 nitrogen and oxygen atoms in total. The lowest BCUT2D eigenvalue weighted by Gasteiger charge is -2.11. The molecule has 6 heteroatoms. The number of nitrogens with zero attached hydrogens (tertiary/aromatic N) is 5. The van der Waals surface area contributed by atoms with E-state index in [-0.39, 0.29) is 0 Å². The minimum absolute atomic E-state index is 0.648. The quantitative estimate of drug-likeness (QED) is 0.187. The van der Waals surface area contributed by atoms with Crippen molar-refractivity contribution in [3.05, 3.63) is 164 Å². The Kier molecular flexibility index (Phi) is 6.05. The van der Waals surface area contributed by atoms with Crippen LogP contribution in [0.25, 0.3) is 97.9 Å². The van der Waals surface area contributed by atoms with E-state index in [1.54, 1.807) is 17.7 Å². The summed E-state index contributed by atoms with van der Waals surface area (Å²) in [5, 5.41) is 7.41. The molecule has 0 aliphatic rings. The highest BCUT2D eigenvalue weighted by atomic mass is 32.1. The fraction of sp³-hybridized carbons (Fsp3) is 0. The lowest BCUT2D eigenvalue weighted by molar-refractivity contribution is 1.07. The van der Waals surface area contributed by atoms with Crippen LogP contribution in [0.3, 0.4) is 0 Å². The molecule has 11 aromatic rings. The first-order valence-corrected chi connectivity index (χ1v) is 17.8. The smallest absolute Gasteiger partial charge is 0.164 e. The van der Waals surface area contributed by atoms with E-state index >= 15 is 0 Å². The first-order chi connectivity index (χ1) is 25.3. The van der Waals surface area contributed by atoms with Crippen molar-refractivity contribution in [2.75, 3.05) is 0 Å². The van der Waals surface area contributed by atoms with Gasteiger partial charge in [-0.05, 0) is 60.7 Å². The third-order valence-electron chi connectivity index (χ3n) is 10.1. The van der Waals surface area contributed by atoms with Gasteiger partial charge in [-0.2, -0.15) is 0 Å². The van der Waals surface area contributed by atoms with Gasteiger partial charge >= 0.3 is 0 Å². The van der Waals surface area contributed by atoms with Gasteiger partial charge in [0.2, 0.25) is 0 Å². The lowest BCUT2D eigenvalue weighted by Crippen LogP contribution is -1.98. The fourth-order valence-electron chi connectivity index (χ4n) is 7.85. The van der Waals surface area contributed by atoms with Crippen LogP contribution in [0.15, 0.2) is 164 Å². The average Bonchev–Trinajstić information content (AvgIpc) is 3.86. The predicted octanol–water partition coefficient (Wildman–Crippen LogP) is 11.8. The Morgan fingerprint density at radius 1 is 0.412 bits per heavy atom. The zero-order chi connectivity index (χ0) is 33.5. The van der Waals surface area contributed by atoms with Crippen LogP contribution >= 0.6 is 11.3 Å². The van der Waals surface area contributed by atoms with E-state index in [4.69, 9.17) is 4.98 Å². The van der Waals surface area contributed by atoms with E-state index in [0.29, 0.717) is 11.6 Å². The molecule has 0 radical (unpaired) electrons. The topological polar surface area (TPSA) is 48.5 Å². The molecule has 11 rings (SSSR count). The number of hydrogen-bond acceptors (Lipinski definition) is 4. The fourth-order valence-corrected chi connectivity index (χ4v) is 9.06. The number of aromatic nitrogens is 5. The summed E-state index contributed by atoms with van der Waals surface area (Å²) in [5.74, 6) is 1.33. The van der Waals surface area contributed by atoms with Crippen molar-refractivity contribution >= 4 is 75.1 Å². The maximum atomic E-state index is 5.04. The predicted molar refractivity (Wildman–Crippen MR) is 212 cm³/mol. The Balaban J connectivity index is 1.06. The molecule has 0 fully saturated rings. The Hall–Kier alpha value is -6.63. The molecule has 0 saturated heterocycles. The summed E-state index contributed by atoms with van der Waals surface area (Å²) in [5.41, 5.74) is 8.86. The molecular weight excluding hydrogens is 643 g/mol. The third kappa shape index (κ3) is 4.24. The number of rotatable bonds is 4. The Morgan fingerprint density at radius 3 is 1.73 bits per heavy atom. The normalized spacial score (nSPS) is 11.9. The van der Waals surface area contributed by atoms with E-state index in [9.17, 15) is 0 Å². The molecule has 7 aromatic carbocycles. The van der Waals surface area contributed by atoms with Crippen LogP contribution < -0.4 is 0 Å². The zero-order valence-electron chi connectivity index (χ0n) is 27.2. The molecule has 0 atom stereocenters. The number of benzene rings is 7. The maximum absolute atomic E-state index is 5.04. The van der Waals surface area contributed by atoms with E-state index in [2.05, 4.69) is 177 Å². The maximum Gasteiger partial charge on any atom is 0.164 e. The minimum atomic E-state index is 0.648. The van der Waals surface area contributed by atoms with Crippen molar-refractivity contribution in [2.45, 2.75) is 0 Å². The molecule has 0 bridgehead atoms. The molecule has 51 heavy (non-hydrogen) atoms. The summed E-state index contributed by atoms with van der Waals surface area (Å²) in [6.07, 6.45) is 1.63. The number of fused-ring (bicyclic) bond motifs is 9. The van der Waals surface area contributed by atoms with Crippen LogP contribution in [0, 0.1) is 0 Å². The molecule has 0 unspecified atom stereocenters. The van der Waals surface area contributed by atoms with Crippen molar-refractivity contribution in [1.29, 1.82) is 0 Å². The van der Waals surface area contributed by atoms with Gasteiger partial charge in [0.25, 0.3) is 0 Å². The largest absolute Gasteiger partial charge is 0.309 e. The highest BCUT2D eigenvalue weighted by molar-refractivity contribution is 7.26. The van der Waals surface area contributed by atoms with Crippen LogP contribution in [0.5, 0.6) is 0 Å². The van der Waals surface area contributed by atoms with E-state index in [0.717, 1.165) is 33.5 Å². The molecular formula is C45H27N5S. The average molecular weight is 670 g/mol. The van der Waals surface area contributed by atoms with Gasteiger partial charge in [0.05, 0.1) is 22.1 Å². The molecule has 0 aliphatic heterocycles. The SMILES string of the molecule is c1cc(-c2ncnc(-c3cccc4c3sc3ccccc34)n2)cc(-n2c3ccccc3c3cc(-n4c5ccccc5c5ccccc54)ccc32)c1. The molecule has 0 amide bonds. The van der Waals surface area contributed by atoms with Crippen molar-refractivity contribution in [2.24, 2.45) is 0 Å². The molecule has 0 spiro atoms. The van der Waals surface area contributed by atoms with Crippen LogP contribution in [0.4, 0.5) is 0 Å². The number of para-hydroxylation sites is 3. The van der Waals surface area contributed by atoms with Gasteiger partial charge < -0.3 is 9.13 Å². The van der Waals surface area contributed by atoms with Crippen LogP contribution in [-0.2, 0) is 0 Å². The molecule has 4 heterocycles. The van der Waals surface area contributed by atoms with Gasteiger partial charge in [-0.25, -0.2) is 15.0 Å². The molecule has 238 valence electrons. The van der Waals surface area contributed by atoms with Crippen LogP contribution in [-0.4, -0.2) is 24.1 Å². The molecule has 0 aliphatic carbocycles. The minimum Gasteiger partial charge on any atom is -0.309 e. The second-order valence-electron chi connectivity index (χ2n) is 12.9. The Bertz CT molecular complexity index is 3110. The van der Waals surface area contributed by atoms with Gasteiger partial charge in [0.15, 0.2) is 11.6 Å². The lowest BCUT2D eigenvalue weighted by atomic mass is 10.1. The highest BCUT2D eigenvalue weighted by Gasteiger charge is 2.18. The zero-order valence-corrected chi connectivity index (χ0v) is 28.0. The van der Waals surface area contributed by atoms with Crippen LogP contribution in [0.1, 0.15) is 0 Å². The van der Waals surface area contributed by atoms with Gasteiger partial charge in [-0.15, -0.1) is 11.3 Å². The molecule has 0 N–H and O–H groups in total. The van der Waals surface area contributed by atoms with Crippen molar-refractivity contribution in [3.63, 3.8) is 0 Å². The molecule has 4 aromatic heterocycles. The standard InChI is InChI=1S/C45H27N5S/c1-5-19-38-31(13-1)32-14-2-6-20-39(32)50(38)30-23-24-41-37(26-30)33-15-3-7-21-40(33)49(41)29-12-9-11-28(25-29)44-46-27-47-45(48-44)36-18-10-17-35-34-16-4-8-22-42(34)51-43(35)36/h1-27H. The summed E-state index contributed by atoms with van der Waals surface area (Å²) in [6.45, 7) is 0. The highest BCUT2D eigenvalue weighted by Crippen LogP contribution is 2.40. The number of hydrogen-bond donors (Lipinski definition) is 0. The van der Waals surface area contributed by atoms with Crippen LogP contribution in [0.2, 0.25) is 0 Å². The van der Waals surface area contributed by atoms with Gasteiger partial charge in [-0.3, -0.25) is 0 Å². The number of thiophene rings is 1. The Morgan fingerprint density at radius 2 is 0.980 bits per heavy atom. The summed E-state index contributed by atoms with van der Waals surface area (Å²) in [6, 6.07) is 56.3. The van der Waals surface area contributed by atoms with E-state index < -0.39 is 0 Å². The summed E-state index contributed by atoms with van der Waals surface area (Å²) in [4.78, 5) is 14.4. The summed E-state index contributed by atoms with van der Waals surface area (Å²) >= 11 is 1.78. The second kappa shape index (κ2) is 10.9. The van der Waals surface area contributed by atoms with Crippen molar-refractivity contribution in [1.82, 2.24) is 24.1 Å². The first kappa shape index (κ1) is 28.2. The third-order valence-corrected chi connectivity index (χ3v) is 11.3. The van der Waals surface area contributed by atoms with E-state index in [1.807, 2.05) is 0 Å². The first-order valence-electron chi connectivity index (χ1n) is 17.0. The van der Waals surface area contributed by atoms with E-state index in [1.165, 1.54) is 52.8 Å².